The highest BCUT2D eigenvalue weighted by atomic mass is 28.4. The molecular weight excluding hydrogens is 236 g/mol. The Hall–Kier alpha value is 0.0569. The molecule has 102 valence electrons. The summed E-state index contributed by atoms with van der Waals surface area (Å²) >= 11 is 0. The fourth-order valence-corrected chi connectivity index (χ4v) is 5.76. The van der Waals surface area contributed by atoms with Gasteiger partial charge in [0.1, 0.15) is 11.5 Å². The average Bonchev–Trinajstić information content (AvgIpc) is 3.14. The topological polar surface area (TPSA) is 40.2 Å². The minimum Gasteiger partial charge on any atom is -0.392 e. The van der Waals surface area contributed by atoms with Crippen molar-refractivity contribution in [2.45, 2.75) is 52.0 Å². The summed E-state index contributed by atoms with van der Waals surface area (Å²) in [5, 5.41) is 0. The lowest BCUT2D eigenvalue weighted by molar-refractivity contribution is 0.0395. The molecule has 0 saturated carbocycles. The molecule has 2 atom stereocenters. The number of ether oxygens (including phenoxy) is 2. The molecule has 0 aromatic heterocycles. The molecule has 1 aliphatic heterocycles. The predicted molar refractivity (Wildman–Crippen MR) is 69.1 cm³/mol. The Balaban J connectivity index is 2.75. The summed E-state index contributed by atoms with van der Waals surface area (Å²) in [5.74, 6) is 0. The Morgan fingerprint density at radius 3 is 2.12 bits per heavy atom. The molecule has 0 N–H and O–H groups in total. The fraction of sp³-hybridized carbons (Fsp3) is 1.00. The van der Waals surface area contributed by atoms with Crippen molar-refractivity contribution >= 4 is 8.56 Å². The number of hydrogen-bond acceptors (Lipinski definition) is 4. The number of rotatable bonds is 10. The molecule has 1 saturated heterocycles. The van der Waals surface area contributed by atoms with Gasteiger partial charge in [0.25, 0.3) is 0 Å². The molecule has 0 bridgehead atoms. The highest BCUT2D eigenvalue weighted by Crippen LogP contribution is 2.31. The first-order chi connectivity index (χ1) is 8.25. The minimum atomic E-state index is -2.37. The van der Waals surface area contributed by atoms with E-state index in [1.165, 1.54) is 0 Å². The number of hydrogen-bond donors (Lipinski definition) is 0. The maximum Gasteiger partial charge on any atom is 0.400 e. The quantitative estimate of drug-likeness (QED) is 0.447. The maximum atomic E-state index is 6.01. The van der Waals surface area contributed by atoms with E-state index in [0.29, 0.717) is 13.2 Å². The van der Waals surface area contributed by atoms with Crippen LogP contribution in [0.15, 0.2) is 0 Å². The Morgan fingerprint density at radius 2 is 1.76 bits per heavy atom. The molecule has 4 nitrogen and oxygen atoms in total. The molecule has 5 heteroatoms. The van der Waals surface area contributed by atoms with Crippen molar-refractivity contribution in [3.63, 3.8) is 0 Å². The van der Waals surface area contributed by atoms with Gasteiger partial charge in [-0.15, -0.1) is 0 Å². The Morgan fingerprint density at radius 1 is 1.18 bits per heavy atom. The van der Waals surface area contributed by atoms with E-state index < -0.39 is 8.56 Å². The van der Waals surface area contributed by atoms with E-state index in [1.54, 1.807) is 0 Å². The van der Waals surface area contributed by atoms with Crippen LogP contribution in [0.5, 0.6) is 0 Å². The summed E-state index contributed by atoms with van der Waals surface area (Å²) < 4.78 is 23.4. The van der Waals surface area contributed by atoms with Gasteiger partial charge in [0.15, 0.2) is 0 Å². The van der Waals surface area contributed by atoms with E-state index in [9.17, 15) is 0 Å². The first-order valence-corrected chi connectivity index (χ1v) is 8.73. The Bertz CT molecular complexity index is 203. The fourth-order valence-electron chi connectivity index (χ4n) is 2.13. The second kappa shape index (κ2) is 7.48. The molecule has 1 rings (SSSR count). The number of epoxide rings is 1. The van der Waals surface area contributed by atoms with Crippen molar-refractivity contribution in [1.82, 2.24) is 0 Å². The molecule has 0 radical (unpaired) electrons. The monoisotopic (exact) mass is 262 g/mol. The van der Waals surface area contributed by atoms with Crippen LogP contribution in [0.3, 0.4) is 0 Å². The molecular formula is C12H26O4Si. The van der Waals surface area contributed by atoms with Gasteiger partial charge < -0.3 is 18.3 Å². The van der Waals surface area contributed by atoms with Crippen LogP contribution >= 0.6 is 0 Å². The molecule has 17 heavy (non-hydrogen) atoms. The third-order valence-electron chi connectivity index (χ3n) is 2.86. The first-order valence-electron chi connectivity index (χ1n) is 6.76. The van der Waals surface area contributed by atoms with Crippen LogP contribution in [0, 0.1) is 0 Å². The van der Waals surface area contributed by atoms with E-state index in [2.05, 4.69) is 13.8 Å². The van der Waals surface area contributed by atoms with Gasteiger partial charge in [-0.2, -0.15) is 0 Å². The summed E-state index contributed by atoms with van der Waals surface area (Å²) in [5.41, 5.74) is 0.235. The Kier molecular flexibility index (Phi) is 6.65. The summed E-state index contributed by atoms with van der Waals surface area (Å²) in [6, 6.07) is 0. The maximum absolute atomic E-state index is 6.01. The van der Waals surface area contributed by atoms with Gasteiger partial charge in [0.2, 0.25) is 0 Å². The Labute approximate surface area is 106 Å². The van der Waals surface area contributed by atoms with E-state index in [4.69, 9.17) is 18.3 Å². The van der Waals surface area contributed by atoms with E-state index in [-0.39, 0.29) is 11.5 Å². The molecule has 0 amide bonds. The van der Waals surface area contributed by atoms with Gasteiger partial charge in [-0.1, -0.05) is 13.8 Å². The van der Waals surface area contributed by atoms with E-state index >= 15 is 0 Å². The SMILES string of the molecule is CCCOC(CC)[Si](OCC)(OCC)C1CO1. The third-order valence-corrected chi connectivity index (χ3v) is 7.05. The highest BCUT2D eigenvalue weighted by molar-refractivity contribution is 6.70. The van der Waals surface area contributed by atoms with Gasteiger partial charge in [-0.05, 0) is 26.7 Å². The standard InChI is InChI=1S/C12H26O4Si/c1-5-9-13-11(6-2)17(15-7-3,16-8-4)12-10-14-12/h11-12H,5-10H2,1-4H3. The first kappa shape index (κ1) is 15.1. The molecule has 1 aliphatic rings. The van der Waals surface area contributed by atoms with Crippen LogP contribution in [0.1, 0.15) is 40.5 Å². The van der Waals surface area contributed by atoms with Crippen molar-refractivity contribution in [1.29, 1.82) is 0 Å². The van der Waals surface area contributed by atoms with Crippen LogP contribution in [0.2, 0.25) is 0 Å². The molecule has 0 spiro atoms. The summed E-state index contributed by atoms with van der Waals surface area (Å²) in [6.07, 6.45) is 1.94. The van der Waals surface area contributed by atoms with Crippen molar-refractivity contribution in [2.24, 2.45) is 0 Å². The zero-order chi connectivity index (χ0) is 12.7. The lowest BCUT2D eigenvalue weighted by atomic mass is 10.5. The van der Waals surface area contributed by atoms with E-state index in [1.807, 2.05) is 13.8 Å². The van der Waals surface area contributed by atoms with Crippen LogP contribution in [-0.4, -0.2) is 46.4 Å². The predicted octanol–water partition coefficient (Wildman–Crippen LogP) is 2.18. The molecule has 1 heterocycles. The van der Waals surface area contributed by atoms with Crippen molar-refractivity contribution in [2.75, 3.05) is 26.4 Å². The van der Waals surface area contributed by atoms with Crippen molar-refractivity contribution < 1.29 is 18.3 Å². The van der Waals surface area contributed by atoms with Crippen LogP contribution in [0.25, 0.3) is 0 Å². The van der Waals surface area contributed by atoms with E-state index in [0.717, 1.165) is 26.1 Å². The summed E-state index contributed by atoms with van der Waals surface area (Å²) in [7, 11) is -2.37. The third kappa shape index (κ3) is 3.76. The van der Waals surface area contributed by atoms with Gasteiger partial charge >= 0.3 is 8.56 Å². The second-order valence-electron chi connectivity index (χ2n) is 4.18. The zero-order valence-corrected chi connectivity index (χ0v) is 12.5. The van der Waals surface area contributed by atoms with Gasteiger partial charge in [0.05, 0.1) is 6.61 Å². The molecule has 0 aromatic rings. The summed E-state index contributed by atoms with van der Waals surface area (Å²) in [6.45, 7) is 11.1. The minimum absolute atomic E-state index is 0.0786. The van der Waals surface area contributed by atoms with Crippen LogP contribution < -0.4 is 0 Å². The summed E-state index contributed by atoms with van der Waals surface area (Å²) in [4.78, 5) is 0. The molecule has 0 aliphatic carbocycles. The van der Waals surface area contributed by atoms with Gasteiger partial charge in [-0.25, -0.2) is 0 Å². The van der Waals surface area contributed by atoms with Gasteiger partial charge in [0, 0.05) is 19.8 Å². The zero-order valence-electron chi connectivity index (χ0n) is 11.5. The van der Waals surface area contributed by atoms with Gasteiger partial charge in [-0.3, -0.25) is 0 Å². The molecule has 1 fully saturated rings. The molecule has 0 aromatic carbocycles. The smallest absolute Gasteiger partial charge is 0.392 e. The molecule has 2 unspecified atom stereocenters. The lowest BCUT2D eigenvalue weighted by Gasteiger charge is -2.35. The average molecular weight is 262 g/mol. The highest BCUT2D eigenvalue weighted by Gasteiger charge is 2.59. The second-order valence-corrected chi connectivity index (χ2v) is 7.49. The van der Waals surface area contributed by atoms with Crippen LogP contribution in [-0.2, 0) is 18.3 Å². The lowest BCUT2D eigenvalue weighted by Crippen LogP contribution is -2.59. The van der Waals surface area contributed by atoms with Crippen LogP contribution in [0.4, 0.5) is 0 Å². The van der Waals surface area contributed by atoms with Crippen molar-refractivity contribution in [3.8, 4) is 0 Å². The van der Waals surface area contributed by atoms with Crippen molar-refractivity contribution in [3.05, 3.63) is 0 Å². The largest absolute Gasteiger partial charge is 0.400 e. The normalized spacial score (nSPS) is 21.5.